The van der Waals surface area contributed by atoms with Gasteiger partial charge in [-0.2, -0.15) is 0 Å². The van der Waals surface area contributed by atoms with E-state index < -0.39 is 0 Å². The molecule has 0 fully saturated rings. The van der Waals surface area contributed by atoms with Gasteiger partial charge in [-0.1, -0.05) is 19.4 Å². The average Bonchev–Trinajstić information content (AvgIpc) is 3.06. The molecule has 2 amide bonds. The highest BCUT2D eigenvalue weighted by Crippen LogP contribution is 2.23. The van der Waals surface area contributed by atoms with Crippen molar-refractivity contribution in [3.05, 3.63) is 44.7 Å². The smallest absolute Gasteiger partial charge is 0.264 e. The molecule has 26 heavy (non-hydrogen) atoms. The molecule has 1 N–H and O–H groups in total. The topological polar surface area (TPSA) is 71.5 Å². The zero-order chi connectivity index (χ0) is 18.9. The van der Waals surface area contributed by atoms with Gasteiger partial charge in [0.15, 0.2) is 0 Å². The molecule has 0 saturated heterocycles. The Morgan fingerprint density at radius 1 is 1.35 bits per heavy atom. The number of likely N-dealkylation sites (N-methyl/N-ethyl adjacent to an activating group) is 1. The summed E-state index contributed by atoms with van der Waals surface area (Å²) >= 11 is 4.67. The number of nitrogens with zero attached hydrogens (tertiary/aromatic N) is 2. The second-order valence-electron chi connectivity index (χ2n) is 5.71. The quantitative estimate of drug-likeness (QED) is 0.607. The summed E-state index contributed by atoms with van der Waals surface area (Å²) in [5.41, 5.74) is 0.813. The van der Waals surface area contributed by atoms with Crippen molar-refractivity contribution in [3.63, 3.8) is 0 Å². The number of halogens is 1. The number of hydrogen-bond acceptors (Lipinski definition) is 5. The number of nitrogens with one attached hydrogen (secondary N) is 1. The molecule has 2 aromatic heterocycles. The number of rotatable bonds is 9. The third-order valence-electron chi connectivity index (χ3n) is 3.57. The molecule has 0 aliphatic rings. The van der Waals surface area contributed by atoms with Gasteiger partial charge >= 0.3 is 0 Å². The van der Waals surface area contributed by atoms with Crippen molar-refractivity contribution >= 4 is 39.1 Å². The Morgan fingerprint density at radius 2 is 2.15 bits per heavy atom. The van der Waals surface area contributed by atoms with Crippen molar-refractivity contribution < 1.29 is 14.3 Å². The maximum absolute atomic E-state index is 12.3. The van der Waals surface area contributed by atoms with E-state index in [-0.39, 0.29) is 18.4 Å². The number of amides is 2. The van der Waals surface area contributed by atoms with E-state index in [1.165, 1.54) is 16.2 Å². The fourth-order valence-corrected chi connectivity index (χ4v) is 3.54. The lowest BCUT2D eigenvalue weighted by atomic mass is 10.2. The summed E-state index contributed by atoms with van der Waals surface area (Å²) in [7, 11) is 1.61. The molecule has 0 unspecified atom stereocenters. The second-order valence-corrected chi connectivity index (χ2v) is 8.17. The van der Waals surface area contributed by atoms with Gasteiger partial charge in [0.1, 0.15) is 0 Å². The molecule has 2 rings (SSSR count). The normalized spacial score (nSPS) is 10.4. The van der Waals surface area contributed by atoms with Gasteiger partial charge in [-0.05, 0) is 40.5 Å². The molecular formula is C18H22BrN3O3S. The largest absolute Gasteiger partial charge is 0.477 e. The van der Waals surface area contributed by atoms with Crippen LogP contribution in [0, 0.1) is 0 Å². The Bertz CT molecular complexity index is 751. The minimum atomic E-state index is -0.236. The van der Waals surface area contributed by atoms with Gasteiger partial charge in [0, 0.05) is 25.4 Å². The summed E-state index contributed by atoms with van der Waals surface area (Å²) in [4.78, 5) is 30.6. The number of hydrogen-bond donors (Lipinski definition) is 1. The SMILES string of the molecule is CCCCOc1ncccc1CNC(=O)CN(C)C(=O)c1ccc(Br)s1. The Hall–Kier alpha value is -1.93. The van der Waals surface area contributed by atoms with E-state index in [0.29, 0.717) is 23.9 Å². The number of ether oxygens (including phenoxy) is 1. The van der Waals surface area contributed by atoms with Crippen molar-refractivity contribution in [3.8, 4) is 5.88 Å². The van der Waals surface area contributed by atoms with Crippen molar-refractivity contribution in [2.24, 2.45) is 0 Å². The molecule has 0 radical (unpaired) electrons. The highest BCUT2D eigenvalue weighted by molar-refractivity contribution is 9.11. The van der Waals surface area contributed by atoms with E-state index in [4.69, 9.17) is 4.74 Å². The molecular weight excluding hydrogens is 418 g/mol. The van der Waals surface area contributed by atoms with E-state index in [1.54, 1.807) is 25.4 Å². The Morgan fingerprint density at radius 3 is 2.85 bits per heavy atom. The van der Waals surface area contributed by atoms with Gasteiger partial charge in [-0.25, -0.2) is 4.98 Å². The third kappa shape index (κ3) is 6.10. The predicted octanol–water partition coefficient (Wildman–Crippen LogP) is 3.47. The summed E-state index contributed by atoms with van der Waals surface area (Å²) in [6.45, 7) is 2.99. The van der Waals surface area contributed by atoms with E-state index in [9.17, 15) is 9.59 Å². The van der Waals surface area contributed by atoms with Crippen LogP contribution in [0.1, 0.15) is 35.0 Å². The lowest BCUT2D eigenvalue weighted by molar-refractivity contribution is -0.121. The maximum atomic E-state index is 12.3. The molecule has 2 heterocycles. The highest BCUT2D eigenvalue weighted by atomic mass is 79.9. The van der Waals surface area contributed by atoms with Gasteiger partial charge in [0.05, 0.1) is 21.8 Å². The number of thiophene rings is 1. The standard InChI is InChI=1S/C18H22BrN3O3S/c1-3-4-10-25-17-13(6-5-9-20-17)11-21-16(23)12-22(2)18(24)14-7-8-15(19)26-14/h5-9H,3-4,10-12H2,1-2H3,(H,21,23). The molecule has 8 heteroatoms. The van der Waals surface area contributed by atoms with Gasteiger partial charge in [0.25, 0.3) is 5.91 Å². The Kier molecular flexibility index (Phi) is 8.06. The lowest BCUT2D eigenvalue weighted by Gasteiger charge is -2.16. The molecule has 0 atom stereocenters. The summed E-state index contributed by atoms with van der Waals surface area (Å²) in [6.07, 6.45) is 3.66. The second kappa shape index (κ2) is 10.3. The van der Waals surface area contributed by atoms with Crippen LogP contribution in [0.4, 0.5) is 0 Å². The van der Waals surface area contributed by atoms with Crippen LogP contribution in [0.15, 0.2) is 34.2 Å². The first-order valence-corrected chi connectivity index (χ1v) is 9.96. The van der Waals surface area contributed by atoms with E-state index in [1.807, 2.05) is 12.1 Å². The zero-order valence-electron chi connectivity index (χ0n) is 14.8. The van der Waals surface area contributed by atoms with E-state index in [0.717, 1.165) is 22.2 Å². The monoisotopic (exact) mass is 439 g/mol. The first kappa shape index (κ1) is 20.4. The molecule has 140 valence electrons. The highest BCUT2D eigenvalue weighted by Gasteiger charge is 2.17. The molecule has 6 nitrogen and oxygen atoms in total. The molecule has 0 saturated carbocycles. The third-order valence-corrected chi connectivity index (χ3v) is 5.19. The summed E-state index contributed by atoms with van der Waals surface area (Å²) in [6, 6.07) is 7.22. The van der Waals surface area contributed by atoms with Crippen LogP contribution in [0.3, 0.4) is 0 Å². The number of pyridine rings is 1. The van der Waals surface area contributed by atoms with Gasteiger partial charge < -0.3 is 15.0 Å². The van der Waals surface area contributed by atoms with E-state index in [2.05, 4.69) is 33.2 Å². The first-order chi connectivity index (χ1) is 12.5. The average molecular weight is 440 g/mol. The van der Waals surface area contributed by atoms with Gasteiger partial charge in [0.2, 0.25) is 11.8 Å². The molecule has 0 aromatic carbocycles. The number of carbonyl (C=O) groups is 2. The van der Waals surface area contributed by atoms with Crippen molar-refractivity contribution in [1.82, 2.24) is 15.2 Å². The number of unbranched alkanes of at least 4 members (excludes halogenated alkanes) is 1. The van der Waals surface area contributed by atoms with Crippen LogP contribution in [-0.4, -0.2) is 41.9 Å². The predicted molar refractivity (Wildman–Crippen MR) is 105 cm³/mol. The molecule has 2 aromatic rings. The Labute approximate surface area is 165 Å². The minimum absolute atomic E-state index is 0.0133. The van der Waals surface area contributed by atoms with Crippen LogP contribution in [-0.2, 0) is 11.3 Å². The Balaban J connectivity index is 1.85. The zero-order valence-corrected chi connectivity index (χ0v) is 17.2. The van der Waals surface area contributed by atoms with Crippen molar-refractivity contribution in [1.29, 1.82) is 0 Å². The van der Waals surface area contributed by atoms with Crippen LogP contribution in [0.25, 0.3) is 0 Å². The van der Waals surface area contributed by atoms with Gasteiger partial charge in [-0.3, -0.25) is 9.59 Å². The first-order valence-electron chi connectivity index (χ1n) is 8.35. The number of aromatic nitrogens is 1. The maximum Gasteiger partial charge on any atom is 0.264 e. The fourth-order valence-electron chi connectivity index (χ4n) is 2.16. The summed E-state index contributed by atoms with van der Waals surface area (Å²) in [5, 5.41) is 2.81. The lowest BCUT2D eigenvalue weighted by Crippen LogP contribution is -2.37. The van der Waals surface area contributed by atoms with Crippen LogP contribution >= 0.6 is 27.3 Å². The van der Waals surface area contributed by atoms with Crippen molar-refractivity contribution in [2.75, 3.05) is 20.2 Å². The summed E-state index contributed by atoms with van der Waals surface area (Å²) < 4.78 is 6.54. The fraction of sp³-hybridized carbons (Fsp3) is 0.389. The molecule has 0 aliphatic heterocycles. The van der Waals surface area contributed by atoms with Gasteiger partial charge in [-0.15, -0.1) is 11.3 Å². The molecule has 0 spiro atoms. The molecule has 0 aliphatic carbocycles. The minimum Gasteiger partial charge on any atom is -0.477 e. The van der Waals surface area contributed by atoms with Crippen LogP contribution < -0.4 is 10.1 Å². The number of carbonyl (C=O) groups excluding carboxylic acids is 2. The van der Waals surface area contributed by atoms with Crippen LogP contribution in [0.2, 0.25) is 0 Å². The molecule has 0 bridgehead atoms. The van der Waals surface area contributed by atoms with Crippen molar-refractivity contribution in [2.45, 2.75) is 26.3 Å². The van der Waals surface area contributed by atoms with Crippen LogP contribution in [0.5, 0.6) is 5.88 Å². The summed E-state index contributed by atoms with van der Waals surface area (Å²) in [5.74, 6) is 0.120. The van der Waals surface area contributed by atoms with E-state index >= 15 is 0 Å².